The molecular weight excluding hydrogens is 356 g/mol. The standard InChI is InChI=1S/C8H6O4.2C7H18N/c9-7(10)5-3-1-2-4-6(5)8(11)12;2*1-5-8(4,6-2)7-3/h1-4H,(H,9,10)(H,11,12);2*5-7H2,1-4H3/q;2*+1/p-2. The maximum atomic E-state index is 10.3. The van der Waals surface area contributed by atoms with Gasteiger partial charge in [-0.25, -0.2) is 0 Å². The van der Waals surface area contributed by atoms with Crippen LogP contribution < -0.4 is 10.2 Å². The van der Waals surface area contributed by atoms with Crippen LogP contribution in [0.25, 0.3) is 0 Å². The molecule has 1 aromatic rings. The van der Waals surface area contributed by atoms with Gasteiger partial charge in [-0.3, -0.25) is 0 Å². The van der Waals surface area contributed by atoms with E-state index in [1.807, 2.05) is 0 Å². The van der Waals surface area contributed by atoms with Gasteiger partial charge in [0, 0.05) is 11.1 Å². The quantitative estimate of drug-likeness (QED) is 0.622. The molecule has 0 unspecified atom stereocenters. The number of rotatable bonds is 8. The Balaban J connectivity index is 0. The number of hydrogen-bond acceptors (Lipinski definition) is 4. The third-order valence-electron chi connectivity index (χ3n) is 5.95. The summed E-state index contributed by atoms with van der Waals surface area (Å²) in [5.74, 6) is -3.04. The normalized spacial score (nSPS) is 10.9. The van der Waals surface area contributed by atoms with Crippen molar-refractivity contribution in [2.45, 2.75) is 41.5 Å². The molecular formula is C22H40N2O4. The molecule has 0 saturated carbocycles. The molecule has 0 aliphatic carbocycles. The Morgan fingerprint density at radius 2 is 0.857 bits per heavy atom. The van der Waals surface area contributed by atoms with Crippen LogP contribution in [0.4, 0.5) is 0 Å². The summed E-state index contributed by atoms with van der Waals surface area (Å²) in [6.45, 7) is 21.0. The first-order chi connectivity index (χ1) is 13.0. The molecule has 0 fully saturated rings. The number of nitrogens with zero attached hydrogens (tertiary/aromatic N) is 2. The van der Waals surface area contributed by atoms with E-state index in [0.717, 1.165) is 12.1 Å². The van der Waals surface area contributed by atoms with Crippen molar-refractivity contribution in [1.82, 2.24) is 0 Å². The summed E-state index contributed by atoms with van der Waals surface area (Å²) in [5.41, 5.74) is -0.727. The molecule has 0 saturated heterocycles. The van der Waals surface area contributed by atoms with Crippen LogP contribution in [0.3, 0.4) is 0 Å². The Hall–Kier alpha value is -1.92. The van der Waals surface area contributed by atoms with E-state index in [1.54, 1.807) is 0 Å². The lowest BCUT2D eigenvalue weighted by atomic mass is 10.1. The molecule has 0 heterocycles. The number of carbonyl (C=O) groups is 2. The molecule has 0 radical (unpaired) electrons. The van der Waals surface area contributed by atoms with E-state index in [-0.39, 0.29) is 11.1 Å². The number of aromatic carboxylic acids is 2. The number of carboxylic acids is 2. The van der Waals surface area contributed by atoms with Crippen LogP contribution in [0.15, 0.2) is 24.3 Å². The van der Waals surface area contributed by atoms with E-state index in [4.69, 9.17) is 0 Å². The number of benzene rings is 1. The number of quaternary nitrogens is 2. The Morgan fingerprint density at radius 1 is 0.643 bits per heavy atom. The van der Waals surface area contributed by atoms with Crippen LogP contribution in [-0.2, 0) is 0 Å². The molecule has 6 heteroatoms. The van der Waals surface area contributed by atoms with Gasteiger partial charge in [-0.05, 0) is 41.5 Å². The van der Waals surface area contributed by atoms with E-state index >= 15 is 0 Å². The van der Waals surface area contributed by atoms with Crippen molar-refractivity contribution in [3.8, 4) is 0 Å². The largest absolute Gasteiger partial charge is 0.545 e. The predicted molar refractivity (Wildman–Crippen MR) is 111 cm³/mol. The molecule has 28 heavy (non-hydrogen) atoms. The molecule has 0 aromatic heterocycles. The fourth-order valence-corrected chi connectivity index (χ4v) is 2.18. The number of hydrogen-bond donors (Lipinski definition) is 0. The van der Waals surface area contributed by atoms with Gasteiger partial charge in [0.15, 0.2) is 0 Å². The zero-order valence-electron chi connectivity index (χ0n) is 19.1. The molecule has 0 aliphatic heterocycles. The second kappa shape index (κ2) is 14.1. The molecule has 0 amide bonds. The third kappa shape index (κ3) is 10.4. The zero-order chi connectivity index (χ0) is 22.4. The lowest BCUT2D eigenvalue weighted by Crippen LogP contribution is -2.42. The fourth-order valence-electron chi connectivity index (χ4n) is 2.18. The lowest BCUT2D eigenvalue weighted by Gasteiger charge is -2.30. The highest BCUT2D eigenvalue weighted by molar-refractivity contribution is 5.99. The van der Waals surface area contributed by atoms with Crippen LogP contribution in [0.2, 0.25) is 0 Å². The molecule has 0 N–H and O–H groups in total. The first-order valence-electron chi connectivity index (χ1n) is 10.2. The van der Waals surface area contributed by atoms with Gasteiger partial charge >= 0.3 is 0 Å². The van der Waals surface area contributed by atoms with Gasteiger partial charge in [-0.15, -0.1) is 0 Å². The van der Waals surface area contributed by atoms with Crippen molar-refractivity contribution in [3.05, 3.63) is 35.4 Å². The van der Waals surface area contributed by atoms with Crippen LogP contribution in [0.5, 0.6) is 0 Å². The van der Waals surface area contributed by atoms with Crippen molar-refractivity contribution in [2.75, 3.05) is 53.4 Å². The van der Waals surface area contributed by atoms with E-state index in [1.165, 1.54) is 60.4 Å². The zero-order valence-corrected chi connectivity index (χ0v) is 19.1. The second-order valence-electron chi connectivity index (χ2n) is 7.26. The average molecular weight is 397 g/mol. The first kappa shape index (κ1) is 28.3. The minimum Gasteiger partial charge on any atom is -0.545 e. The first-order valence-corrected chi connectivity index (χ1v) is 10.2. The topological polar surface area (TPSA) is 80.3 Å². The van der Waals surface area contributed by atoms with Gasteiger partial charge in [-0.2, -0.15) is 0 Å². The molecule has 0 atom stereocenters. The predicted octanol–water partition coefficient (Wildman–Crippen LogP) is 1.40. The van der Waals surface area contributed by atoms with Crippen LogP contribution in [0.1, 0.15) is 62.3 Å². The molecule has 0 aliphatic rings. The maximum absolute atomic E-state index is 10.3. The Labute approximate surface area is 171 Å². The summed E-state index contributed by atoms with van der Waals surface area (Å²) in [6, 6.07) is 5.14. The highest BCUT2D eigenvalue weighted by Gasteiger charge is 2.11. The van der Waals surface area contributed by atoms with Crippen LogP contribution >= 0.6 is 0 Å². The van der Waals surface area contributed by atoms with Crippen molar-refractivity contribution in [2.24, 2.45) is 0 Å². The summed E-state index contributed by atoms with van der Waals surface area (Å²) in [7, 11) is 4.58. The Morgan fingerprint density at radius 3 is 0.964 bits per heavy atom. The minimum atomic E-state index is -1.52. The highest BCUT2D eigenvalue weighted by Crippen LogP contribution is 2.05. The third-order valence-corrected chi connectivity index (χ3v) is 5.95. The fraction of sp³-hybridized carbons (Fsp3) is 0.636. The molecule has 6 nitrogen and oxygen atoms in total. The minimum absolute atomic E-state index is 0.363. The summed E-state index contributed by atoms with van der Waals surface area (Å²) in [6.07, 6.45) is 0. The van der Waals surface area contributed by atoms with Gasteiger partial charge < -0.3 is 28.8 Å². The summed E-state index contributed by atoms with van der Waals surface area (Å²) in [5, 5.41) is 20.6. The summed E-state index contributed by atoms with van der Waals surface area (Å²) < 4.78 is 2.42. The summed E-state index contributed by atoms with van der Waals surface area (Å²) >= 11 is 0. The molecule has 0 spiro atoms. The van der Waals surface area contributed by atoms with Crippen molar-refractivity contribution < 1.29 is 28.8 Å². The molecule has 162 valence electrons. The van der Waals surface area contributed by atoms with E-state index in [0.29, 0.717) is 0 Å². The molecule has 1 aromatic carbocycles. The van der Waals surface area contributed by atoms with Crippen molar-refractivity contribution >= 4 is 11.9 Å². The van der Waals surface area contributed by atoms with E-state index < -0.39 is 11.9 Å². The maximum Gasteiger partial charge on any atom is 0.0755 e. The van der Waals surface area contributed by atoms with Gasteiger partial charge in [0.2, 0.25) is 0 Å². The molecule has 0 bridgehead atoms. The average Bonchev–Trinajstić information content (AvgIpc) is 2.73. The van der Waals surface area contributed by atoms with Gasteiger partial charge in [0.1, 0.15) is 0 Å². The lowest BCUT2D eigenvalue weighted by molar-refractivity contribution is -0.904. The van der Waals surface area contributed by atoms with E-state index in [2.05, 4.69) is 55.6 Å². The SMILES string of the molecule is CC[N+](C)(CC)CC.CC[N+](C)(CC)CC.O=C([O-])c1ccccc1C(=O)[O-]. The van der Waals surface area contributed by atoms with Crippen LogP contribution in [0, 0.1) is 0 Å². The van der Waals surface area contributed by atoms with Gasteiger partial charge in [-0.1, -0.05) is 24.3 Å². The Bertz CT molecular complexity index is 512. The van der Waals surface area contributed by atoms with Gasteiger partial charge in [0.05, 0.1) is 65.3 Å². The number of carbonyl (C=O) groups excluding carboxylic acids is 2. The van der Waals surface area contributed by atoms with Gasteiger partial charge in [0.25, 0.3) is 0 Å². The monoisotopic (exact) mass is 396 g/mol. The van der Waals surface area contributed by atoms with E-state index in [9.17, 15) is 19.8 Å². The van der Waals surface area contributed by atoms with Crippen molar-refractivity contribution in [1.29, 1.82) is 0 Å². The van der Waals surface area contributed by atoms with Crippen molar-refractivity contribution in [3.63, 3.8) is 0 Å². The number of carboxylic acid groups (broad SMARTS) is 2. The smallest absolute Gasteiger partial charge is 0.0755 e. The summed E-state index contributed by atoms with van der Waals surface area (Å²) in [4.78, 5) is 20.6. The highest BCUT2D eigenvalue weighted by atomic mass is 16.4. The second-order valence-corrected chi connectivity index (χ2v) is 7.26. The Kier molecular flexibility index (Phi) is 14.3. The molecule has 1 rings (SSSR count). The van der Waals surface area contributed by atoms with Crippen LogP contribution in [-0.4, -0.2) is 74.3 Å².